The van der Waals surface area contributed by atoms with Gasteiger partial charge in [0.1, 0.15) is 6.04 Å². The number of halogens is 2. The van der Waals surface area contributed by atoms with E-state index in [2.05, 4.69) is 20.5 Å². The standard InChI is InChI=1S/C25H33Cl2N7O2/c26-18-8-4-7-17(22(18)27)20-13-19(32-33-20)15-9-11-34(12-10-15)21(35)14-30-24(36)23(31-25(28)29)16-5-2-1-3-6-16/h4,7-8,13,15-16,23H,1-3,5-6,9-12,14H2,(H,30,36)(H,32,33)(H4,28,29,31)/t23-/m1/s1. The van der Waals surface area contributed by atoms with E-state index >= 15 is 0 Å². The predicted molar refractivity (Wildman–Crippen MR) is 142 cm³/mol. The predicted octanol–water partition coefficient (Wildman–Crippen LogP) is 3.43. The Morgan fingerprint density at radius 2 is 1.86 bits per heavy atom. The van der Waals surface area contributed by atoms with Crippen LogP contribution in [-0.2, 0) is 9.59 Å². The number of nitrogens with two attached hydrogens (primary N) is 2. The molecule has 1 saturated carbocycles. The van der Waals surface area contributed by atoms with Gasteiger partial charge in [0.25, 0.3) is 0 Å². The second-order valence-electron chi connectivity index (χ2n) is 9.58. The molecule has 6 N–H and O–H groups in total. The van der Waals surface area contributed by atoms with Crippen molar-refractivity contribution in [3.8, 4) is 11.3 Å². The van der Waals surface area contributed by atoms with Crippen LogP contribution < -0.4 is 16.8 Å². The molecule has 2 heterocycles. The maximum Gasteiger partial charge on any atom is 0.245 e. The van der Waals surface area contributed by atoms with Crippen molar-refractivity contribution in [2.24, 2.45) is 22.4 Å². The number of aromatic amines is 1. The van der Waals surface area contributed by atoms with E-state index in [1.165, 1.54) is 0 Å². The molecule has 1 aromatic heterocycles. The molecule has 0 spiro atoms. The number of aliphatic imine (C=N–C) groups is 1. The third kappa shape index (κ3) is 6.31. The van der Waals surface area contributed by atoms with Gasteiger partial charge in [-0.1, -0.05) is 54.6 Å². The highest BCUT2D eigenvalue weighted by molar-refractivity contribution is 6.43. The number of benzene rings is 1. The second-order valence-corrected chi connectivity index (χ2v) is 10.4. The lowest BCUT2D eigenvalue weighted by molar-refractivity contribution is -0.134. The quantitative estimate of drug-likeness (QED) is 0.318. The van der Waals surface area contributed by atoms with Crippen molar-refractivity contribution in [1.82, 2.24) is 20.4 Å². The van der Waals surface area contributed by atoms with E-state index in [1.54, 1.807) is 11.0 Å². The summed E-state index contributed by atoms with van der Waals surface area (Å²) in [5, 5.41) is 11.3. The van der Waals surface area contributed by atoms with Crippen molar-refractivity contribution in [2.75, 3.05) is 19.6 Å². The van der Waals surface area contributed by atoms with Crippen molar-refractivity contribution < 1.29 is 9.59 Å². The van der Waals surface area contributed by atoms with Crippen LogP contribution in [0.15, 0.2) is 29.3 Å². The van der Waals surface area contributed by atoms with Crippen molar-refractivity contribution in [3.63, 3.8) is 0 Å². The molecule has 2 fully saturated rings. The van der Waals surface area contributed by atoms with Crippen LogP contribution in [0.25, 0.3) is 11.3 Å². The highest BCUT2D eigenvalue weighted by Gasteiger charge is 2.31. The number of carbonyl (C=O) groups is 2. The number of guanidine groups is 1. The van der Waals surface area contributed by atoms with Crippen LogP contribution in [0.5, 0.6) is 0 Å². The van der Waals surface area contributed by atoms with E-state index in [4.69, 9.17) is 34.7 Å². The number of rotatable bonds is 7. The molecule has 0 unspecified atom stereocenters. The zero-order valence-electron chi connectivity index (χ0n) is 20.2. The first-order valence-corrected chi connectivity index (χ1v) is 13.2. The number of amides is 2. The molecule has 2 amide bonds. The summed E-state index contributed by atoms with van der Waals surface area (Å²) in [7, 11) is 0. The summed E-state index contributed by atoms with van der Waals surface area (Å²) in [6.07, 6.45) is 6.70. The first kappa shape index (κ1) is 26.3. The number of likely N-dealkylation sites (tertiary alicyclic amines) is 1. The molecule has 2 aromatic rings. The number of nitrogens with zero attached hydrogens (tertiary/aromatic N) is 3. The van der Waals surface area contributed by atoms with Gasteiger partial charge in [-0.25, -0.2) is 4.99 Å². The fraction of sp³-hybridized carbons (Fsp3) is 0.520. The lowest BCUT2D eigenvalue weighted by Crippen LogP contribution is -2.47. The van der Waals surface area contributed by atoms with E-state index in [1.807, 2.05) is 18.2 Å². The highest BCUT2D eigenvalue weighted by Crippen LogP contribution is 2.35. The van der Waals surface area contributed by atoms with Crippen molar-refractivity contribution in [3.05, 3.63) is 40.0 Å². The number of piperidine rings is 1. The molecule has 0 radical (unpaired) electrons. The number of H-pyrrole nitrogens is 1. The minimum Gasteiger partial charge on any atom is -0.370 e. The monoisotopic (exact) mass is 533 g/mol. The topological polar surface area (TPSA) is 142 Å². The van der Waals surface area contributed by atoms with Gasteiger partial charge in [0.2, 0.25) is 11.8 Å². The van der Waals surface area contributed by atoms with Gasteiger partial charge in [0.15, 0.2) is 5.96 Å². The third-order valence-electron chi connectivity index (χ3n) is 7.18. The van der Waals surface area contributed by atoms with Gasteiger partial charge in [-0.05, 0) is 43.7 Å². The third-order valence-corrected chi connectivity index (χ3v) is 8.00. The Bertz CT molecular complexity index is 1100. The van der Waals surface area contributed by atoms with Gasteiger partial charge < -0.3 is 21.7 Å². The van der Waals surface area contributed by atoms with Crippen LogP contribution >= 0.6 is 23.2 Å². The molecule has 11 heteroatoms. The van der Waals surface area contributed by atoms with Gasteiger partial charge in [0.05, 0.1) is 22.3 Å². The minimum atomic E-state index is -0.642. The molecule has 0 bridgehead atoms. The van der Waals surface area contributed by atoms with Gasteiger partial charge in [-0.2, -0.15) is 5.10 Å². The first-order chi connectivity index (χ1) is 17.3. The SMILES string of the molecule is NC(N)=N[C@@H](C(=O)NCC(=O)N1CCC(c2cc(-c3cccc(Cl)c3Cl)n[nH]2)CC1)C1CCCCC1. The molecule has 1 atom stereocenters. The van der Waals surface area contributed by atoms with Crippen LogP contribution in [-0.4, -0.2) is 58.5 Å². The molecular weight excluding hydrogens is 501 g/mol. The Kier molecular flexibility index (Phi) is 8.74. The highest BCUT2D eigenvalue weighted by atomic mass is 35.5. The molecule has 1 aromatic carbocycles. The van der Waals surface area contributed by atoms with Crippen molar-refractivity contribution in [1.29, 1.82) is 0 Å². The number of carbonyl (C=O) groups excluding carboxylic acids is 2. The molecule has 1 aliphatic carbocycles. The van der Waals surface area contributed by atoms with E-state index in [-0.39, 0.29) is 36.2 Å². The van der Waals surface area contributed by atoms with E-state index in [9.17, 15) is 9.59 Å². The Morgan fingerprint density at radius 1 is 1.14 bits per heavy atom. The van der Waals surface area contributed by atoms with Crippen LogP contribution in [0.1, 0.15) is 56.6 Å². The molecule has 1 aliphatic heterocycles. The number of hydrogen-bond donors (Lipinski definition) is 4. The van der Waals surface area contributed by atoms with Crippen LogP contribution in [0.2, 0.25) is 10.0 Å². The molecule has 194 valence electrons. The van der Waals surface area contributed by atoms with Gasteiger partial charge >= 0.3 is 0 Å². The maximum atomic E-state index is 12.8. The lowest BCUT2D eigenvalue weighted by atomic mass is 9.83. The van der Waals surface area contributed by atoms with Crippen molar-refractivity contribution in [2.45, 2.75) is 56.9 Å². The average molecular weight is 534 g/mol. The van der Waals surface area contributed by atoms with Gasteiger partial charge in [-0.3, -0.25) is 14.7 Å². The first-order valence-electron chi connectivity index (χ1n) is 12.5. The molecule has 4 rings (SSSR count). The van der Waals surface area contributed by atoms with Crippen LogP contribution in [0.3, 0.4) is 0 Å². The summed E-state index contributed by atoms with van der Waals surface area (Å²) in [6, 6.07) is 6.82. The lowest BCUT2D eigenvalue weighted by Gasteiger charge is -2.32. The molecule has 9 nitrogen and oxygen atoms in total. The number of aromatic nitrogens is 2. The van der Waals surface area contributed by atoms with Gasteiger partial charge in [-0.15, -0.1) is 0 Å². The van der Waals surface area contributed by atoms with Crippen LogP contribution in [0, 0.1) is 5.92 Å². The van der Waals surface area contributed by atoms with Crippen LogP contribution in [0.4, 0.5) is 0 Å². The fourth-order valence-corrected chi connectivity index (χ4v) is 5.59. The Balaban J connectivity index is 1.29. The van der Waals surface area contributed by atoms with E-state index in [0.29, 0.717) is 23.1 Å². The zero-order valence-corrected chi connectivity index (χ0v) is 21.7. The average Bonchev–Trinajstić information content (AvgIpc) is 3.38. The maximum absolute atomic E-state index is 12.8. The zero-order chi connectivity index (χ0) is 25.7. The van der Waals surface area contributed by atoms with Gasteiger partial charge in [0, 0.05) is 30.3 Å². The van der Waals surface area contributed by atoms with E-state index in [0.717, 1.165) is 61.9 Å². The minimum absolute atomic E-state index is 0.0613. The summed E-state index contributed by atoms with van der Waals surface area (Å²) >= 11 is 12.5. The summed E-state index contributed by atoms with van der Waals surface area (Å²) in [5.74, 6) is -0.144. The second kappa shape index (κ2) is 12.0. The number of nitrogens with one attached hydrogen (secondary N) is 2. The summed E-state index contributed by atoms with van der Waals surface area (Å²) in [6.45, 7) is 1.14. The Hall–Kier alpha value is -2.78. The molecule has 1 saturated heterocycles. The Labute approximate surface area is 221 Å². The Morgan fingerprint density at radius 3 is 2.56 bits per heavy atom. The summed E-state index contributed by atoms with van der Waals surface area (Å²) < 4.78 is 0. The van der Waals surface area contributed by atoms with Crippen molar-refractivity contribution >= 4 is 41.0 Å². The normalized spacial score (nSPS) is 18.0. The van der Waals surface area contributed by atoms with E-state index < -0.39 is 6.04 Å². The summed E-state index contributed by atoms with van der Waals surface area (Å²) in [5.41, 5.74) is 13.7. The molecule has 2 aliphatic rings. The fourth-order valence-electron chi connectivity index (χ4n) is 5.19. The smallest absolute Gasteiger partial charge is 0.245 e. The number of hydrogen-bond acceptors (Lipinski definition) is 4. The largest absolute Gasteiger partial charge is 0.370 e. The molecular formula is C25H33Cl2N7O2. The summed E-state index contributed by atoms with van der Waals surface area (Å²) in [4.78, 5) is 31.6. The molecule has 36 heavy (non-hydrogen) atoms.